The van der Waals surface area contributed by atoms with Crippen molar-refractivity contribution in [3.8, 4) is 0 Å². The number of amides is 1. The largest absolute Gasteiger partial charge is 0.444 e. The van der Waals surface area contributed by atoms with E-state index in [0.29, 0.717) is 13.2 Å². The second-order valence-electron chi connectivity index (χ2n) is 6.85. The molecule has 1 aromatic carbocycles. The van der Waals surface area contributed by atoms with Crippen LogP contribution < -0.4 is 0 Å². The fraction of sp³-hybridized carbons (Fsp3) is 0.611. The summed E-state index contributed by atoms with van der Waals surface area (Å²) in [4.78, 5) is 14.1. The summed E-state index contributed by atoms with van der Waals surface area (Å²) >= 11 is 0. The molecule has 0 bridgehead atoms. The second-order valence-corrected chi connectivity index (χ2v) is 6.85. The van der Waals surface area contributed by atoms with Crippen molar-refractivity contribution >= 4 is 6.09 Å². The highest BCUT2D eigenvalue weighted by molar-refractivity contribution is 5.69. The lowest BCUT2D eigenvalue weighted by Gasteiger charge is -2.27. The minimum Gasteiger partial charge on any atom is -0.444 e. The van der Waals surface area contributed by atoms with Crippen LogP contribution in [0.1, 0.15) is 46.1 Å². The molecule has 1 aromatic rings. The SMILES string of the molecule is CC[C@H]1C[C@@H](OCc2ccccc2)CN1C(=O)OC(C)(C)C. The molecule has 1 aliphatic heterocycles. The summed E-state index contributed by atoms with van der Waals surface area (Å²) in [6.07, 6.45) is 1.65. The summed E-state index contributed by atoms with van der Waals surface area (Å²) in [5, 5.41) is 0. The second kappa shape index (κ2) is 7.14. The average molecular weight is 305 g/mol. The summed E-state index contributed by atoms with van der Waals surface area (Å²) < 4.78 is 11.5. The molecule has 0 aliphatic carbocycles. The molecular weight excluding hydrogens is 278 g/mol. The minimum atomic E-state index is -0.460. The Hall–Kier alpha value is -1.55. The van der Waals surface area contributed by atoms with Gasteiger partial charge in [0.15, 0.2) is 0 Å². The monoisotopic (exact) mass is 305 g/mol. The first-order valence-corrected chi connectivity index (χ1v) is 8.04. The Labute approximate surface area is 133 Å². The highest BCUT2D eigenvalue weighted by atomic mass is 16.6. The number of ether oxygens (including phenoxy) is 2. The molecular formula is C18H27NO3. The van der Waals surface area contributed by atoms with Crippen molar-refractivity contribution in [2.45, 2.75) is 64.9 Å². The van der Waals surface area contributed by atoms with E-state index < -0.39 is 5.60 Å². The zero-order valence-electron chi connectivity index (χ0n) is 14.0. The predicted octanol–water partition coefficient (Wildman–Crippen LogP) is 3.99. The lowest BCUT2D eigenvalue weighted by Crippen LogP contribution is -2.40. The van der Waals surface area contributed by atoms with Crippen LogP contribution in [0.25, 0.3) is 0 Å². The van der Waals surface area contributed by atoms with Gasteiger partial charge in [-0.25, -0.2) is 4.79 Å². The third kappa shape index (κ3) is 4.73. The van der Waals surface area contributed by atoms with Gasteiger partial charge in [0.25, 0.3) is 0 Å². The van der Waals surface area contributed by atoms with Crippen LogP contribution in [-0.4, -0.2) is 35.3 Å². The van der Waals surface area contributed by atoms with Gasteiger partial charge in [-0.15, -0.1) is 0 Å². The van der Waals surface area contributed by atoms with Gasteiger partial charge in [-0.3, -0.25) is 0 Å². The van der Waals surface area contributed by atoms with Crippen LogP contribution in [0.4, 0.5) is 4.79 Å². The van der Waals surface area contributed by atoms with Gasteiger partial charge in [-0.05, 0) is 39.2 Å². The molecule has 22 heavy (non-hydrogen) atoms. The van der Waals surface area contributed by atoms with Gasteiger partial charge < -0.3 is 14.4 Å². The van der Waals surface area contributed by atoms with E-state index >= 15 is 0 Å². The number of carbonyl (C=O) groups is 1. The summed E-state index contributed by atoms with van der Waals surface area (Å²) in [7, 11) is 0. The lowest BCUT2D eigenvalue weighted by molar-refractivity contribution is 0.0148. The van der Waals surface area contributed by atoms with Crippen LogP contribution in [0.3, 0.4) is 0 Å². The molecule has 4 nitrogen and oxygen atoms in total. The van der Waals surface area contributed by atoms with E-state index in [1.807, 2.05) is 43.9 Å². The average Bonchev–Trinajstić information content (AvgIpc) is 2.88. The molecule has 2 atom stereocenters. The van der Waals surface area contributed by atoms with Gasteiger partial charge in [0, 0.05) is 6.04 Å². The summed E-state index contributed by atoms with van der Waals surface area (Å²) in [6.45, 7) is 8.98. The smallest absolute Gasteiger partial charge is 0.410 e. The van der Waals surface area contributed by atoms with Crippen molar-refractivity contribution in [3.05, 3.63) is 35.9 Å². The quantitative estimate of drug-likeness (QED) is 0.844. The molecule has 0 spiro atoms. The normalized spacial score (nSPS) is 21.9. The Morgan fingerprint density at radius 2 is 1.95 bits per heavy atom. The first-order chi connectivity index (χ1) is 10.4. The zero-order chi connectivity index (χ0) is 16.2. The third-order valence-electron chi connectivity index (χ3n) is 3.80. The number of nitrogens with zero attached hydrogens (tertiary/aromatic N) is 1. The van der Waals surface area contributed by atoms with Crippen molar-refractivity contribution in [3.63, 3.8) is 0 Å². The summed E-state index contributed by atoms with van der Waals surface area (Å²) in [5.41, 5.74) is 0.699. The van der Waals surface area contributed by atoms with Crippen molar-refractivity contribution < 1.29 is 14.3 Å². The Kier molecular flexibility index (Phi) is 5.46. The van der Waals surface area contributed by atoms with Crippen molar-refractivity contribution in [2.75, 3.05) is 6.54 Å². The van der Waals surface area contributed by atoms with E-state index in [-0.39, 0.29) is 18.2 Å². The molecule has 1 aliphatic rings. The first-order valence-electron chi connectivity index (χ1n) is 8.04. The lowest BCUT2D eigenvalue weighted by atomic mass is 10.1. The fourth-order valence-corrected chi connectivity index (χ4v) is 2.71. The van der Waals surface area contributed by atoms with Crippen LogP contribution in [0.5, 0.6) is 0 Å². The molecule has 0 radical (unpaired) electrons. The number of rotatable bonds is 4. The van der Waals surface area contributed by atoms with Crippen LogP contribution in [0.2, 0.25) is 0 Å². The maximum Gasteiger partial charge on any atom is 0.410 e. The van der Waals surface area contributed by atoms with Crippen molar-refractivity contribution in [2.24, 2.45) is 0 Å². The number of benzene rings is 1. The Balaban J connectivity index is 1.90. The number of hydrogen-bond acceptors (Lipinski definition) is 3. The van der Waals surface area contributed by atoms with Crippen molar-refractivity contribution in [1.82, 2.24) is 4.90 Å². The maximum absolute atomic E-state index is 12.3. The van der Waals surface area contributed by atoms with Gasteiger partial charge >= 0.3 is 6.09 Å². The number of likely N-dealkylation sites (tertiary alicyclic amines) is 1. The first kappa shape index (κ1) is 16.8. The van der Waals surface area contributed by atoms with Gasteiger partial charge in [-0.2, -0.15) is 0 Å². The summed E-state index contributed by atoms with van der Waals surface area (Å²) in [6, 6.07) is 10.3. The molecule has 0 unspecified atom stereocenters. The van der Waals surface area contributed by atoms with Crippen LogP contribution >= 0.6 is 0 Å². The third-order valence-corrected chi connectivity index (χ3v) is 3.80. The Bertz CT molecular complexity index is 481. The van der Waals surface area contributed by atoms with E-state index in [1.165, 1.54) is 0 Å². The predicted molar refractivity (Wildman–Crippen MR) is 86.7 cm³/mol. The maximum atomic E-state index is 12.3. The Morgan fingerprint density at radius 3 is 2.55 bits per heavy atom. The molecule has 4 heteroatoms. The fourth-order valence-electron chi connectivity index (χ4n) is 2.71. The van der Waals surface area contributed by atoms with Gasteiger partial charge in [0.1, 0.15) is 5.60 Å². The molecule has 1 saturated heterocycles. The van der Waals surface area contributed by atoms with Gasteiger partial charge in [0.05, 0.1) is 19.3 Å². The summed E-state index contributed by atoms with van der Waals surface area (Å²) in [5.74, 6) is 0. The molecule has 1 amide bonds. The van der Waals surface area contributed by atoms with Crippen LogP contribution in [-0.2, 0) is 16.1 Å². The zero-order valence-corrected chi connectivity index (χ0v) is 14.0. The van der Waals surface area contributed by atoms with Gasteiger partial charge in [0.2, 0.25) is 0 Å². The Morgan fingerprint density at radius 1 is 1.27 bits per heavy atom. The van der Waals surface area contributed by atoms with E-state index in [0.717, 1.165) is 18.4 Å². The standard InChI is InChI=1S/C18H27NO3/c1-5-15-11-16(21-13-14-9-7-6-8-10-14)12-19(15)17(20)22-18(2,3)4/h6-10,15-16H,5,11-13H2,1-4H3/t15-,16+/m0/s1. The highest BCUT2D eigenvalue weighted by Gasteiger charge is 2.36. The molecule has 122 valence electrons. The number of hydrogen-bond donors (Lipinski definition) is 0. The minimum absolute atomic E-state index is 0.0812. The van der Waals surface area contributed by atoms with Crippen molar-refractivity contribution in [1.29, 1.82) is 0 Å². The molecule has 0 N–H and O–H groups in total. The molecule has 1 fully saturated rings. The molecule has 2 rings (SSSR count). The molecule has 0 saturated carbocycles. The molecule has 1 heterocycles. The van der Waals surface area contributed by atoms with Crippen LogP contribution in [0.15, 0.2) is 30.3 Å². The van der Waals surface area contributed by atoms with E-state index in [2.05, 4.69) is 19.1 Å². The topological polar surface area (TPSA) is 38.8 Å². The van der Waals surface area contributed by atoms with Gasteiger partial charge in [-0.1, -0.05) is 37.3 Å². The van der Waals surface area contributed by atoms with E-state index in [1.54, 1.807) is 0 Å². The van der Waals surface area contributed by atoms with E-state index in [9.17, 15) is 4.79 Å². The highest BCUT2D eigenvalue weighted by Crippen LogP contribution is 2.25. The van der Waals surface area contributed by atoms with Crippen LogP contribution in [0, 0.1) is 0 Å². The van der Waals surface area contributed by atoms with E-state index in [4.69, 9.17) is 9.47 Å². The number of carbonyl (C=O) groups excluding carboxylic acids is 1. The molecule has 0 aromatic heterocycles.